The van der Waals surface area contributed by atoms with Gasteiger partial charge in [-0.3, -0.25) is 4.84 Å². The van der Waals surface area contributed by atoms with Crippen molar-refractivity contribution in [1.82, 2.24) is 5.90 Å². The molecule has 1 fully saturated rings. The van der Waals surface area contributed by atoms with Gasteiger partial charge >= 0.3 is 0 Å². The lowest BCUT2D eigenvalue weighted by Gasteiger charge is -2.18. The van der Waals surface area contributed by atoms with Gasteiger partial charge in [0.25, 0.3) is 0 Å². The molecule has 1 aliphatic heterocycles. The Morgan fingerprint density at radius 2 is 2.38 bits per heavy atom. The van der Waals surface area contributed by atoms with Crippen LogP contribution in [-0.4, -0.2) is 12.9 Å². The second-order valence-corrected chi connectivity index (χ2v) is 1.91. The molecule has 1 heterocycles. The third-order valence-corrected chi connectivity index (χ3v) is 1.27. The summed E-state index contributed by atoms with van der Waals surface area (Å²) < 4.78 is 5.02. The predicted octanol–water partition coefficient (Wildman–Crippen LogP) is 0.728. The molecule has 0 aliphatic carbocycles. The second-order valence-electron chi connectivity index (χ2n) is 1.91. The van der Waals surface area contributed by atoms with Crippen LogP contribution in [0.15, 0.2) is 0 Å². The van der Waals surface area contributed by atoms with Gasteiger partial charge in [-0.15, -0.1) is 5.90 Å². The molecular formula is C5H10NO2. The summed E-state index contributed by atoms with van der Waals surface area (Å²) in [7, 11) is 0. The van der Waals surface area contributed by atoms with E-state index in [0.29, 0.717) is 0 Å². The van der Waals surface area contributed by atoms with Crippen molar-refractivity contribution in [1.29, 1.82) is 0 Å². The summed E-state index contributed by atoms with van der Waals surface area (Å²) in [6, 6.07) is 0. The lowest BCUT2D eigenvalue weighted by atomic mass is 10.2. The van der Waals surface area contributed by atoms with Crippen molar-refractivity contribution in [2.75, 3.05) is 6.61 Å². The van der Waals surface area contributed by atoms with Gasteiger partial charge in [0.05, 0.1) is 0 Å². The minimum Gasteiger partial charge on any atom is -0.351 e. The molecular weight excluding hydrogens is 106 g/mol. The standard InChI is InChI=1S/C5H10NO2/c6-8-5-3-1-2-4-7-5/h5-6H,1-4H2. The van der Waals surface area contributed by atoms with Crippen LogP contribution in [0.3, 0.4) is 0 Å². The molecule has 0 aromatic heterocycles. The fraction of sp³-hybridized carbons (Fsp3) is 1.00. The van der Waals surface area contributed by atoms with E-state index in [4.69, 9.17) is 10.6 Å². The predicted molar refractivity (Wildman–Crippen MR) is 27.8 cm³/mol. The summed E-state index contributed by atoms with van der Waals surface area (Å²) in [6.45, 7) is 0.754. The molecule has 1 aliphatic rings. The van der Waals surface area contributed by atoms with Gasteiger partial charge in [-0.25, -0.2) is 0 Å². The van der Waals surface area contributed by atoms with Crippen molar-refractivity contribution in [3.8, 4) is 0 Å². The molecule has 0 spiro atoms. The molecule has 1 N–H and O–H groups in total. The first-order chi connectivity index (χ1) is 3.93. The molecule has 0 saturated carbocycles. The SMILES string of the molecule is [NH]OC1CCCCO1. The normalized spacial score (nSPS) is 30.4. The zero-order chi connectivity index (χ0) is 5.82. The first-order valence-corrected chi connectivity index (χ1v) is 2.87. The smallest absolute Gasteiger partial charge is 0.178 e. The highest BCUT2D eigenvalue weighted by molar-refractivity contribution is 4.51. The molecule has 0 bridgehead atoms. The maximum atomic E-state index is 6.47. The number of hydrogen-bond donors (Lipinski definition) is 0. The molecule has 3 nitrogen and oxygen atoms in total. The van der Waals surface area contributed by atoms with Crippen LogP contribution in [0.5, 0.6) is 0 Å². The Morgan fingerprint density at radius 3 is 2.75 bits per heavy atom. The molecule has 3 heteroatoms. The maximum Gasteiger partial charge on any atom is 0.178 e. The molecule has 0 aromatic rings. The summed E-state index contributed by atoms with van der Waals surface area (Å²) in [5, 5.41) is 0. The van der Waals surface area contributed by atoms with Crippen molar-refractivity contribution in [2.45, 2.75) is 25.6 Å². The lowest BCUT2D eigenvalue weighted by molar-refractivity contribution is -0.171. The first kappa shape index (κ1) is 6.01. The minimum absolute atomic E-state index is 0.247. The van der Waals surface area contributed by atoms with E-state index in [2.05, 4.69) is 4.84 Å². The van der Waals surface area contributed by atoms with Crippen molar-refractivity contribution < 1.29 is 9.57 Å². The van der Waals surface area contributed by atoms with E-state index in [1.54, 1.807) is 0 Å². The van der Waals surface area contributed by atoms with E-state index in [1.165, 1.54) is 0 Å². The molecule has 1 unspecified atom stereocenters. The molecule has 1 rings (SSSR count). The highest BCUT2D eigenvalue weighted by Crippen LogP contribution is 2.11. The first-order valence-electron chi connectivity index (χ1n) is 2.87. The summed E-state index contributed by atoms with van der Waals surface area (Å²) >= 11 is 0. The largest absolute Gasteiger partial charge is 0.351 e. The zero-order valence-corrected chi connectivity index (χ0v) is 4.72. The van der Waals surface area contributed by atoms with E-state index < -0.39 is 0 Å². The van der Waals surface area contributed by atoms with Crippen LogP contribution in [-0.2, 0) is 9.57 Å². The van der Waals surface area contributed by atoms with Crippen LogP contribution in [0.1, 0.15) is 19.3 Å². The Kier molecular flexibility index (Phi) is 2.27. The third-order valence-electron chi connectivity index (χ3n) is 1.27. The summed E-state index contributed by atoms with van der Waals surface area (Å²) in [5.41, 5.74) is 0. The van der Waals surface area contributed by atoms with E-state index in [9.17, 15) is 0 Å². The molecule has 47 valence electrons. The quantitative estimate of drug-likeness (QED) is 0.474. The summed E-state index contributed by atoms with van der Waals surface area (Å²) in [6.07, 6.45) is 2.87. The van der Waals surface area contributed by atoms with Crippen LogP contribution in [0, 0.1) is 0 Å². The van der Waals surface area contributed by atoms with E-state index in [1.807, 2.05) is 0 Å². The number of nitrogens with one attached hydrogen (secondary N) is 1. The van der Waals surface area contributed by atoms with Crippen molar-refractivity contribution in [3.05, 3.63) is 0 Å². The average Bonchev–Trinajstić information content (AvgIpc) is 1.90. The van der Waals surface area contributed by atoms with Crippen LogP contribution in [0.2, 0.25) is 0 Å². The molecule has 1 atom stereocenters. The van der Waals surface area contributed by atoms with Gasteiger partial charge in [-0.2, -0.15) is 0 Å². The van der Waals surface area contributed by atoms with Crippen LogP contribution in [0.4, 0.5) is 0 Å². The molecule has 1 saturated heterocycles. The van der Waals surface area contributed by atoms with Gasteiger partial charge in [-0.05, 0) is 12.8 Å². The Labute approximate surface area is 48.7 Å². The van der Waals surface area contributed by atoms with E-state index >= 15 is 0 Å². The lowest BCUT2D eigenvalue weighted by Crippen LogP contribution is -2.21. The van der Waals surface area contributed by atoms with E-state index in [0.717, 1.165) is 25.9 Å². The molecule has 1 radical (unpaired) electrons. The highest BCUT2D eigenvalue weighted by Gasteiger charge is 2.11. The van der Waals surface area contributed by atoms with Crippen molar-refractivity contribution >= 4 is 0 Å². The number of rotatable bonds is 1. The second kappa shape index (κ2) is 3.02. The summed E-state index contributed by atoms with van der Waals surface area (Å²) in [5.74, 6) is 6.47. The fourth-order valence-corrected chi connectivity index (χ4v) is 0.804. The average molecular weight is 116 g/mol. The number of ether oxygens (including phenoxy) is 1. The van der Waals surface area contributed by atoms with Gasteiger partial charge in [0.2, 0.25) is 0 Å². The molecule has 8 heavy (non-hydrogen) atoms. The highest BCUT2D eigenvalue weighted by atomic mass is 16.7. The third kappa shape index (κ3) is 1.43. The fourth-order valence-electron chi connectivity index (χ4n) is 0.804. The summed E-state index contributed by atoms with van der Waals surface area (Å²) in [4.78, 5) is 4.22. The van der Waals surface area contributed by atoms with E-state index in [-0.39, 0.29) is 6.29 Å². The van der Waals surface area contributed by atoms with Crippen LogP contribution in [0.25, 0.3) is 0 Å². The van der Waals surface area contributed by atoms with Gasteiger partial charge in [0.1, 0.15) is 0 Å². The Bertz CT molecular complexity index is 61.4. The van der Waals surface area contributed by atoms with Crippen molar-refractivity contribution in [3.63, 3.8) is 0 Å². The van der Waals surface area contributed by atoms with Gasteiger partial charge < -0.3 is 4.74 Å². The van der Waals surface area contributed by atoms with Gasteiger partial charge in [-0.1, -0.05) is 0 Å². The monoisotopic (exact) mass is 116 g/mol. The maximum absolute atomic E-state index is 6.47. The van der Waals surface area contributed by atoms with Gasteiger partial charge in [0, 0.05) is 13.0 Å². The minimum atomic E-state index is -0.247. The van der Waals surface area contributed by atoms with Crippen LogP contribution < -0.4 is 5.90 Å². The van der Waals surface area contributed by atoms with Crippen molar-refractivity contribution in [2.24, 2.45) is 0 Å². The van der Waals surface area contributed by atoms with Gasteiger partial charge in [0.15, 0.2) is 6.29 Å². The zero-order valence-electron chi connectivity index (χ0n) is 4.72. The van der Waals surface area contributed by atoms with Crippen LogP contribution >= 0.6 is 0 Å². The topological polar surface area (TPSA) is 42.3 Å². The Hall–Kier alpha value is -0.120. The molecule has 0 aromatic carbocycles. The molecule has 0 amide bonds. The Morgan fingerprint density at radius 1 is 1.50 bits per heavy atom. The Balaban J connectivity index is 2.13. The number of hydrogen-bond acceptors (Lipinski definition) is 2.